The third kappa shape index (κ3) is 5.48. The summed E-state index contributed by atoms with van der Waals surface area (Å²) in [7, 11) is 2.63. The van der Waals surface area contributed by atoms with Gasteiger partial charge in [-0.1, -0.05) is 60.1 Å². The SMILES string of the molecule is COC(=O)C[C@@H](C(=O)O)N(C(=O)OCC1c2ccccc2-c2ccccc21)c1cn(C)nc1C(=O)c1ccc(Cl)cc1. The van der Waals surface area contributed by atoms with Crippen molar-refractivity contribution in [1.29, 1.82) is 0 Å². The molecule has 10 nitrogen and oxygen atoms in total. The van der Waals surface area contributed by atoms with E-state index in [1.807, 2.05) is 48.5 Å². The van der Waals surface area contributed by atoms with E-state index in [4.69, 9.17) is 21.1 Å². The zero-order valence-electron chi connectivity index (χ0n) is 22.7. The number of hydrogen-bond acceptors (Lipinski definition) is 7. The van der Waals surface area contributed by atoms with E-state index in [9.17, 15) is 24.3 Å². The molecule has 1 atom stereocenters. The van der Waals surface area contributed by atoms with Crippen molar-refractivity contribution >= 4 is 41.1 Å². The van der Waals surface area contributed by atoms with Gasteiger partial charge in [0.25, 0.3) is 0 Å². The second-order valence-electron chi connectivity index (χ2n) is 9.68. The molecule has 1 heterocycles. The first-order valence-electron chi connectivity index (χ1n) is 13.0. The van der Waals surface area contributed by atoms with E-state index in [1.54, 1.807) is 0 Å². The molecule has 1 aliphatic carbocycles. The molecule has 4 aromatic rings. The molecule has 0 radical (unpaired) electrons. The number of esters is 1. The molecule has 1 aliphatic rings. The Kier molecular flexibility index (Phi) is 8.08. The maximum atomic E-state index is 13.8. The lowest BCUT2D eigenvalue weighted by Gasteiger charge is -2.28. The number of ether oxygens (including phenoxy) is 2. The summed E-state index contributed by atoms with van der Waals surface area (Å²) in [6.07, 6.45) is -0.427. The average Bonchev–Trinajstić information content (AvgIpc) is 3.53. The summed E-state index contributed by atoms with van der Waals surface area (Å²) in [6.45, 7) is -0.116. The number of anilines is 1. The molecule has 5 rings (SSSR count). The van der Waals surface area contributed by atoms with Crippen LogP contribution in [-0.2, 0) is 26.1 Å². The number of halogens is 1. The minimum Gasteiger partial charge on any atom is -0.480 e. The lowest BCUT2D eigenvalue weighted by Crippen LogP contribution is -2.47. The Bertz CT molecular complexity index is 1640. The van der Waals surface area contributed by atoms with Crippen LogP contribution in [0.25, 0.3) is 11.1 Å². The molecule has 0 aliphatic heterocycles. The third-order valence-corrected chi connectivity index (χ3v) is 7.36. The van der Waals surface area contributed by atoms with E-state index in [-0.39, 0.29) is 29.5 Å². The molecule has 0 saturated heterocycles. The highest BCUT2D eigenvalue weighted by molar-refractivity contribution is 6.30. The number of methoxy groups -OCH3 is 1. The van der Waals surface area contributed by atoms with E-state index in [1.165, 1.54) is 42.2 Å². The molecule has 0 saturated carbocycles. The topological polar surface area (TPSA) is 128 Å². The van der Waals surface area contributed by atoms with Gasteiger partial charge in [-0.3, -0.25) is 19.2 Å². The van der Waals surface area contributed by atoms with Crippen LogP contribution in [0.15, 0.2) is 79.0 Å². The number of aliphatic carboxylic acids is 1. The highest BCUT2D eigenvalue weighted by Crippen LogP contribution is 2.44. The van der Waals surface area contributed by atoms with Gasteiger partial charge in [-0.05, 0) is 46.5 Å². The van der Waals surface area contributed by atoms with E-state index in [0.29, 0.717) is 5.02 Å². The van der Waals surface area contributed by atoms with Crippen molar-refractivity contribution in [1.82, 2.24) is 9.78 Å². The Hall–Kier alpha value is -4.96. The number of carbonyl (C=O) groups excluding carboxylic acids is 3. The largest absolute Gasteiger partial charge is 0.480 e. The van der Waals surface area contributed by atoms with E-state index in [0.717, 1.165) is 34.3 Å². The van der Waals surface area contributed by atoms with Crippen LogP contribution < -0.4 is 4.90 Å². The Morgan fingerprint density at radius 2 is 1.57 bits per heavy atom. The van der Waals surface area contributed by atoms with E-state index >= 15 is 0 Å². The third-order valence-electron chi connectivity index (χ3n) is 7.11. The number of ketones is 1. The predicted molar refractivity (Wildman–Crippen MR) is 154 cm³/mol. The van der Waals surface area contributed by atoms with Crippen LogP contribution in [-0.4, -0.2) is 58.5 Å². The summed E-state index contributed by atoms with van der Waals surface area (Å²) in [5.41, 5.74) is 3.83. The summed E-state index contributed by atoms with van der Waals surface area (Å²) in [5, 5.41) is 14.8. The quantitative estimate of drug-likeness (QED) is 0.212. The van der Waals surface area contributed by atoms with Crippen LogP contribution in [0.1, 0.15) is 39.5 Å². The molecule has 42 heavy (non-hydrogen) atoms. The van der Waals surface area contributed by atoms with Crippen LogP contribution in [0.4, 0.5) is 10.5 Å². The van der Waals surface area contributed by atoms with Crippen molar-refractivity contribution in [3.63, 3.8) is 0 Å². The number of carboxylic acid groups (broad SMARTS) is 1. The zero-order chi connectivity index (χ0) is 30.0. The molecule has 0 spiro atoms. The number of benzene rings is 3. The van der Waals surface area contributed by atoms with Gasteiger partial charge < -0.3 is 14.6 Å². The smallest absolute Gasteiger partial charge is 0.415 e. The van der Waals surface area contributed by atoms with Gasteiger partial charge in [-0.25, -0.2) is 9.59 Å². The summed E-state index contributed by atoms with van der Waals surface area (Å²) in [4.78, 5) is 52.8. The van der Waals surface area contributed by atoms with Crippen LogP contribution in [0, 0.1) is 0 Å². The lowest BCUT2D eigenvalue weighted by atomic mass is 9.98. The minimum atomic E-state index is -1.76. The fourth-order valence-corrected chi connectivity index (χ4v) is 5.27. The monoisotopic (exact) mass is 587 g/mol. The van der Waals surface area contributed by atoms with Crippen LogP contribution in [0.5, 0.6) is 0 Å². The van der Waals surface area contributed by atoms with E-state index in [2.05, 4.69) is 5.10 Å². The Morgan fingerprint density at radius 1 is 0.976 bits per heavy atom. The van der Waals surface area contributed by atoms with Gasteiger partial charge >= 0.3 is 18.0 Å². The van der Waals surface area contributed by atoms with Gasteiger partial charge in [0, 0.05) is 29.7 Å². The van der Waals surface area contributed by atoms with E-state index < -0.39 is 36.3 Å². The van der Waals surface area contributed by atoms with Crippen molar-refractivity contribution < 1.29 is 33.8 Å². The molecule has 0 unspecified atom stereocenters. The summed E-state index contributed by atoms with van der Waals surface area (Å²) < 4.78 is 11.7. The van der Waals surface area contributed by atoms with Gasteiger partial charge in [0.05, 0.1) is 19.2 Å². The van der Waals surface area contributed by atoms with Gasteiger partial charge in [-0.2, -0.15) is 5.10 Å². The second-order valence-corrected chi connectivity index (χ2v) is 10.1. The van der Waals surface area contributed by atoms with Crippen LogP contribution >= 0.6 is 11.6 Å². The van der Waals surface area contributed by atoms with Gasteiger partial charge in [-0.15, -0.1) is 0 Å². The van der Waals surface area contributed by atoms with Gasteiger partial charge in [0.2, 0.25) is 5.78 Å². The molecule has 1 amide bonds. The number of aryl methyl sites for hydroxylation is 1. The number of nitrogens with zero attached hydrogens (tertiary/aromatic N) is 3. The summed E-state index contributed by atoms with van der Waals surface area (Å²) in [6, 6.07) is 19.8. The molecule has 1 N–H and O–H groups in total. The second kappa shape index (κ2) is 11.9. The maximum Gasteiger partial charge on any atom is 0.415 e. The standard InChI is InChI=1S/C31H26ClN3O7/c1-34-16-26(28(33-34)29(37)18-11-13-19(32)14-12-18)35(25(30(38)39)15-27(36)41-2)31(40)42-17-24-22-9-5-3-7-20(22)21-8-4-6-10-23(21)24/h3-14,16,24-25H,15,17H2,1-2H3,(H,38,39)/t25-/m0/s1. The lowest BCUT2D eigenvalue weighted by molar-refractivity contribution is -0.146. The van der Waals surface area contributed by atoms with Gasteiger partial charge in [0.1, 0.15) is 12.6 Å². The summed E-state index contributed by atoms with van der Waals surface area (Å²) in [5.74, 6) is -3.26. The molecule has 11 heteroatoms. The molecular weight excluding hydrogens is 562 g/mol. The maximum absolute atomic E-state index is 13.8. The Labute approximate surface area is 246 Å². The first-order valence-corrected chi connectivity index (χ1v) is 13.3. The number of fused-ring (bicyclic) bond motifs is 3. The summed E-state index contributed by atoms with van der Waals surface area (Å²) >= 11 is 5.97. The Balaban J connectivity index is 1.52. The van der Waals surface area contributed by atoms with Crippen molar-refractivity contribution in [2.45, 2.75) is 18.4 Å². The molecule has 0 fully saturated rings. The molecule has 1 aromatic heterocycles. The highest BCUT2D eigenvalue weighted by atomic mass is 35.5. The molecule has 0 bridgehead atoms. The predicted octanol–water partition coefficient (Wildman–Crippen LogP) is 5.08. The van der Waals surface area contributed by atoms with Gasteiger partial charge in [0.15, 0.2) is 5.69 Å². The number of carboxylic acids is 1. The first kappa shape index (κ1) is 28.6. The number of carbonyl (C=O) groups is 4. The van der Waals surface area contributed by atoms with Crippen LogP contribution in [0.2, 0.25) is 5.02 Å². The molecule has 3 aromatic carbocycles. The fourth-order valence-electron chi connectivity index (χ4n) is 5.14. The van der Waals surface area contributed by atoms with Crippen molar-refractivity contribution in [2.24, 2.45) is 7.05 Å². The minimum absolute atomic E-state index is 0.116. The zero-order valence-corrected chi connectivity index (χ0v) is 23.4. The fraction of sp³-hybridized carbons (Fsp3) is 0.194. The Morgan fingerprint density at radius 3 is 2.14 bits per heavy atom. The molecule has 214 valence electrons. The van der Waals surface area contributed by atoms with Crippen molar-refractivity contribution in [3.05, 3.63) is 106 Å². The number of amides is 1. The number of aromatic nitrogens is 2. The number of rotatable bonds is 9. The highest BCUT2D eigenvalue weighted by Gasteiger charge is 2.39. The molecular formula is C31H26ClN3O7. The first-order chi connectivity index (χ1) is 20.2. The normalized spacial score (nSPS) is 12.6. The van der Waals surface area contributed by atoms with Crippen LogP contribution in [0.3, 0.4) is 0 Å². The number of hydrogen-bond donors (Lipinski definition) is 1. The average molecular weight is 588 g/mol. The van der Waals surface area contributed by atoms with Crippen molar-refractivity contribution in [2.75, 3.05) is 18.6 Å². The van der Waals surface area contributed by atoms with Crippen molar-refractivity contribution in [3.8, 4) is 11.1 Å².